The van der Waals surface area contributed by atoms with Gasteiger partial charge in [0.05, 0.1) is 25.5 Å². The molecule has 1 aromatic carbocycles. The number of hydrogen-bond acceptors (Lipinski definition) is 7. The Morgan fingerprint density at radius 1 is 1.35 bits per heavy atom. The average Bonchev–Trinajstić information content (AvgIpc) is 3.03. The van der Waals surface area contributed by atoms with Crippen LogP contribution in [0, 0.1) is 17.0 Å². The zero-order chi connectivity index (χ0) is 18.9. The molecule has 0 atom stereocenters. The second kappa shape index (κ2) is 9.30. The standard InChI is InChI=1S/C17H23N5O4/c1-13-10-18-12-21(13)8-4-7-19-17(11-22(23)24)20-14-5-6-15(25-2)16(9-14)26-3/h5-6,9-12,19-20H,4,7-8H2,1-3H3. The predicted molar refractivity (Wildman–Crippen MR) is 97.8 cm³/mol. The largest absolute Gasteiger partial charge is 0.493 e. The third-order valence-corrected chi connectivity index (χ3v) is 3.71. The van der Waals surface area contributed by atoms with Gasteiger partial charge in [-0.1, -0.05) is 0 Å². The zero-order valence-corrected chi connectivity index (χ0v) is 15.1. The summed E-state index contributed by atoms with van der Waals surface area (Å²) in [5.41, 5.74) is 1.73. The van der Waals surface area contributed by atoms with Crippen LogP contribution < -0.4 is 20.1 Å². The van der Waals surface area contributed by atoms with Gasteiger partial charge < -0.3 is 24.7 Å². The first-order valence-corrected chi connectivity index (χ1v) is 8.08. The number of rotatable bonds is 10. The van der Waals surface area contributed by atoms with Crippen LogP contribution in [-0.2, 0) is 6.54 Å². The van der Waals surface area contributed by atoms with Crippen molar-refractivity contribution < 1.29 is 14.4 Å². The molecule has 0 aliphatic carbocycles. The van der Waals surface area contributed by atoms with Gasteiger partial charge in [0.25, 0.3) is 6.20 Å². The van der Waals surface area contributed by atoms with Crippen molar-refractivity contribution in [2.24, 2.45) is 0 Å². The first-order chi connectivity index (χ1) is 12.5. The van der Waals surface area contributed by atoms with E-state index in [1.54, 1.807) is 37.8 Å². The van der Waals surface area contributed by atoms with Crippen LogP contribution in [0.3, 0.4) is 0 Å². The molecule has 2 rings (SSSR count). The van der Waals surface area contributed by atoms with Gasteiger partial charge in [0.15, 0.2) is 17.3 Å². The van der Waals surface area contributed by atoms with Crippen molar-refractivity contribution in [2.45, 2.75) is 19.9 Å². The van der Waals surface area contributed by atoms with Gasteiger partial charge in [0.2, 0.25) is 0 Å². The molecule has 2 N–H and O–H groups in total. The Morgan fingerprint density at radius 2 is 2.12 bits per heavy atom. The Balaban J connectivity index is 1.97. The van der Waals surface area contributed by atoms with Gasteiger partial charge in [0.1, 0.15) is 0 Å². The minimum absolute atomic E-state index is 0.296. The lowest BCUT2D eigenvalue weighted by atomic mass is 10.2. The highest BCUT2D eigenvalue weighted by Crippen LogP contribution is 2.30. The van der Waals surface area contributed by atoms with Gasteiger partial charge >= 0.3 is 0 Å². The van der Waals surface area contributed by atoms with Crippen LogP contribution in [0.25, 0.3) is 0 Å². The van der Waals surface area contributed by atoms with Crippen molar-refractivity contribution in [1.82, 2.24) is 14.9 Å². The van der Waals surface area contributed by atoms with E-state index < -0.39 is 4.92 Å². The van der Waals surface area contributed by atoms with Gasteiger partial charge in [-0.15, -0.1) is 0 Å². The average molecular weight is 361 g/mol. The zero-order valence-electron chi connectivity index (χ0n) is 15.1. The van der Waals surface area contributed by atoms with Crippen LogP contribution in [0.2, 0.25) is 0 Å². The quantitative estimate of drug-likeness (QED) is 0.380. The number of aromatic nitrogens is 2. The number of hydrogen-bond donors (Lipinski definition) is 2. The Hall–Kier alpha value is -3.23. The fraction of sp³-hybridized carbons (Fsp3) is 0.353. The van der Waals surface area contributed by atoms with Crippen molar-refractivity contribution in [1.29, 1.82) is 0 Å². The monoisotopic (exact) mass is 361 g/mol. The van der Waals surface area contributed by atoms with Crippen molar-refractivity contribution in [2.75, 3.05) is 26.1 Å². The summed E-state index contributed by atoms with van der Waals surface area (Å²) >= 11 is 0. The number of nitrogens with one attached hydrogen (secondary N) is 2. The van der Waals surface area contributed by atoms with E-state index in [9.17, 15) is 10.1 Å². The SMILES string of the molecule is COc1ccc(NC(=C[N+](=O)[O-])NCCCn2cncc2C)cc1OC. The van der Waals surface area contributed by atoms with Crippen LogP contribution in [0.1, 0.15) is 12.1 Å². The molecular weight excluding hydrogens is 338 g/mol. The van der Waals surface area contributed by atoms with E-state index in [-0.39, 0.29) is 0 Å². The molecule has 0 radical (unpaired) electrons. The summed E-state index contributed by atoms with van der Waals surface area (Å²) < 4.78 is 12.5. The Labute approximate surface area is 151 Å². The molecule has 0 aliphatic heterocycles. The second-order valence-corrected chi connectivity index (χ2v) is 5.53. The molecule has 1 aromatic heterocycles. The minimum atomic E-state index is -0.504. The molecule has 1 heterocycles. The number of methoxy groups -OCH3 is 2. The molecule has 0 aliphatic rings. The molecular formula is C17H23N5O4. The van der Waals surface area contributed by atoms with E-state index in [0.717, 1.165) is 24.9 Å². The van der Waals surface area contributed by atoms with Gasteiger partial charge in [-0.3, -0.25) is 10.1 Å². The van der Waals surface area contributed by atoms with E-state index in [1.165, 1.54) is 7.11 Å². The first kappa shape index (κ1) is 19.1. The lowest BCUT2D eigenvalue weighted by Crippen LogP contribution is -2.23. The van der Waals surface area contributed by atoms with Gasteiger partial charge in [-0.25, -0.2) is 4.98 Å². The normalized spacial score (nSPS) is 11.1. The van der Waals surface area contributed by atoms with E-state index in [1.807, 2.05) is 11.5 Å². The molecule has 9 nitrogen and oxygen atoms in total. The highest BCUT2D eigenvalue weighted by molar-refractivity contribution is 5.56. The number of anilines is 1. The van der Waals surface area contributed by atoms with Crippen molar-refractivity contribution in [3.8, 4) is 11.5 Å². The maximum Gasteiger partial charge on any atom is 0.274 e. The van der Waals surface area contributed by atoms with Crippen LogP contribution in [-0.4, -0.2) is 35.2 Å². The molecule has 0 spiro atoms. The third-order valence-electron chi connectivity index (χ3n) is 3.71. The number of nitrogens with zero attached hydrogens (tertiary/aromatic N) is 3. The van der Waals surface area contributed by atoms with Gasteiger partial charge in [-0.05, 0) is 25.5 Å². The molecule has 9 heteroatoms. The summed E-state index contributed by atoms with van der Waals surface area (Å²) in [5, 5.41) is 16.9. The molecule has 0 saturated carbocycles. The Kier molecular flexibility index (Phi) is 6.84. The van der Waals surface area contributed by atoms with Crippen LogP contribution in [0.5, 0.6) is 11.5 Å². The fourth-order valence-electron chi connectivity index (χ4n) is 2.39. The summed E-state index contributed by atoms with van der Waals surface area (Å²) in [6.45, 7) is 3.33. The summed E-state index contributed by atoms with van der Waals surface area (Å²) in [6, 6.07) is 5.20. The lowest BCUT2D eigenvalue weighted by Gasteiger charge is -2.14. The summed E-state index contributed by atoms with van der Waals surface area (Å²) in [7, 11) is 3.08. The van der Waals surface area contributed by atoms with Gasteiger partial charge in [0, 0.05) is 36.7 Å². The van der Waals surface area contributed by atoms with E-state index in [2.05, 4.69) is 15.6 Å². The van der Waals surface area contributed by atoms with E-state index in [4.69, 9.17) is 9.47 Å². The third kappa shape index (κ3) is 5.40. The number of benzene rings is 1. The van der Waals surface area contributed by atoms with Crippen LogP contribution >= 0.6 is 0 Å². The van der Waals surface area contributed by atoms with Crippen molar-refractivity contribution >= 4 is 5.69 Å². The summed E-state index contributed by atoms with van der Waals surface area (Å²) in [4.78, 5) is 14.4. The fourth-order valence-corrected chi connectivity index (χ4v) is 2.39. The maximum absolute atomic E-state index is 10.9. The van der Waals surface area contributed by atoms with Crippen LogP contribution in [0.4, 0.5) is 5.69 Å². The van der Waals surface area contributed by atoms with Crippen molar-refractivity contribution in [3.05, 3.63) is 58.6 Å². The van der Waals surface area contributed by atoms with E-state index in [0.29, 0.717) is 29.6 Å². The Bertz CT molecular complexity index is 772. The molecule has 0 bridgehead atoms. The summed E-state index contributed by atoms with van der Waals surface area (Å²) in [6.07, 6.45) is 5.26. The van der Waals surface area contributed by atoms with Gasteiger partial charge in [-0.2, -0.15) is 0 Å². The maximum atomic E-state index is 10.9. The highest BCUT2D eigenvalue weighted by atomic mass is 16.6. The minimum Gasteiger partial charge on any atom is -0.493 e. The molecule has 26 heavy (non-hydrogen) atoms. The van der Waals surface area contributed by atoms with Crippen molar-refractivity contribution in [3.63, 3.8) is 0 Å². The molecule has 0 unspecified atom stereocenters. The molecule has 0 amide bonds. The smallest absolute Gasteiger partial charge is 0.274 e. The molecule has 140 valence electrons. The number of nitro groups is 1. The first-order valence-electron chi connectivity index (χ1n) is 8.08. The molecule has 0 fully saturated rings. The highest BCUT2D eigenvalue weighted by Gasteiger charge is 2.08. The Morgan fingerprint density at radius 3 is 2.73 bits per heavy atom. The molecule has 0 saturated heterocycles. The number of imidazole rings is 1. The number of aryl methyl sites for hydroxylation is 2. The number of ether oxygens (including phenoxy) is 2. The predicted octanol–water partition coefficient (Wildman–Crippen LogP) is 2.38. The second-order valence-electron chi connectivity index (χ2n) is 5.53. The summed E-state index contributed by atoms with van der Waals surface area (Å²) in [5.74, 6) is 1.42. The lowest BCUT2D eigenvalue weighted by molar-refractivity contribution is -0.403. The molecule has 2 aromatic rings. The topological polar surface area (TPSA) is 103 Å². The van der Waals surface area contributed by atoms with Crippen LogP contribution in [0.15, 0.2) is 42.7 Å². The van der Waals surface area contributed by atoms with E-state index >= 15 is 0 Å².